The molecule has 0 fully saturated rings. The number of thioether (sulfide) groups is 1. The van der Waals surface area contributed by atoms with Crippen LogP contribution in [0.5, 0.6) is 5.75 Å². The number of nitrogens with two attached hydrogens (primary N) is 1. The highest BCUT2D eigenvalue weighted by atomic mass is 32.2. The average molecular weight is 369 g/mol. The molecule has 0 aliphatic heterocycles. The second kappa shape index (κ2) is 7.14. The number of hydrogen-bond acceptors (Lipinski definition) is 7. The largest absolute Gasteiger partial charge is 0.435 e. The van der Waals surface area contributed by atoms with Crippen molar-refractivity contribution in [2.24, 2.45) is 0 Å². The summed E-state index contributed by atoms with van der Waals surface area (Å²) in [6.45, 7) is -0.907. The van der Waals surface area contributed by atoms with E-state index in [2.05, 4.69) is 19.9 Å². The lowest BCUT2D eigenvalue weighted by atomic mass is 10.2. The lowest BCUT2D eigenvalue weighted by Gasteiger charge is -2.06. The van der Waals surface area contributed by atoms with Crippen molar-refractivity contribution in [1.29, 1.82) is 0 Å². The molecule has 2 heterocycles. The van der Waals surface area contributed by atoms with Crippen molar-refractivity contribution in [2.75, 3.05) is 5.84 Å². The van der Waals surface area contributed by atoms with Gasteiger partial charge in [-0.2, -0.15) is 8.78 Å². The number of aromatic nitrogens is 4. The molecule has 0 bridgehead atoms. The fraction of sp³-hybridized carbons (Fsp3) is 0.214. The van der Waals surface area contributed by atoms with Gasteiger partial charge in [-0.1, -0.05) is 11.8 Å². The van der Waals surface area contributed by atoms with E-state index in [4.69, 9.17) is 5.84 Å². The first kappa shape index (κ1) is 16.7. The normalized spacial score (nSPS) is 11.2. The Balaban J connectivity index is 1.72. The minimum atomic E-state index is -2.86. The number of alkyl halides is 2. The number of aryl methyl sites for hydroxylation is 1. The lowest BCUT2D eigenvalue weighted by molar-refractivity contribution is -0.0498. The Morgan fingerprint density at radius 1 is 1.29 bits per heavy atom. The quantitative estimate of drug-likeness (QED) is 0.530. The van der Waals surface area contributed by atoms with Gasteiger partial charge in [0, 0.05) is 16.7 Å². The topological polar surface area (TPSA) is 78.9 Å². The Labute approximate surface area is 144 Å². The number of nitrogen functional groups attached to an aromatic ring is 1. The summed E-state index contributed by atoms with van der Waals surface area (Å²) in [5.74, 6) is 7.18. The van der Waals surface area contributed by atoms with E-state index < -0.39 is 6.61 Å². The molecule has 0 spiro atoms. The maximum absolute atomic E-state index is 12.2. The number of nitrogens with zero attached hydrogens (tertiary/aromatic N) is 4. The van der Waals surface area contributed by atoms with E-state index in [0.29, 0.717) is 22.3 Å². The van der Waals surface area contributed by atoms with E-state index in [1.165, 1.54) is 28.6 Å². The monoisotopic (exact) mass is 369 g/mol. The summed E-state index contributed by atoms with van der Waals surface area (Å²) in [6.07, 6.45) is 0. The highest BCUT2D eigenvalue weighted by Gasteiger charge is 2.13. The fourth-order valence-corrected chi connectivity index (χ4v) is 3.44. The van der Waals surface area contributed by atoms with Crippen LogP contribution >= 0.6 is 23.1 Å². The summed E-state index contributed by atoms with van der Waals surface area (Å²) in [7, 11) is 0. The molecular formula is C14H13F2N5OS2. The number of rotatable bonds is 6. The zero-order chi connectivity index (χ0) is 17.1. The number of thiazole rings is 1. The average Bonchev–Trinajstić information content (AvgIpc) is 3.12. The van der Waals surface area contributed by atoms with Crippen LogP contribution < -0.4 is 10.6 Å². The standard InChI is InChI=1S/C14H13F2N5OS2/c1-8-18-10(6-23-8)7-24-14-20-19-12(21(14)17)9-2-4-11(5-3-9)22-13(15)16/h2-6,13H,7,17H2,1H3. The Morgan fingerprint density at radius 3 is 2.67 bits per heavy atom. The van der Waals surface area contributed by atoms with E-state index in [1.807, 2.05) is 12.3 Å². The van der Waals surface area contributed by atoms with Gasteiger partial charge in [0.2, 0.25) is 5.16 Å². The molecule has 0 unspecified atom stereocenters. The Morgan fingerprint density at radius 2 is 2.04 bits per heavy atom. The van der Waals surface area contributed by atoms with Gasteiger partial charge in [0.15, 0.2) is 5.82 Å². The Hall–Kier alpha value is -2.20. The molecule has 2 aromatic heterocycles. The molecule has 0 saturated carbocycles. The summed E-state index contributed by atoms with van der Waals surface area (Å²) in [5.41, 5.74) is 1.61. The number of halogens is 2. The van der Waals surface area contributed by atoms with Gasteiger partial charge < -0.3 is 10.6 Å². The Kier molecular flexibility index (Phi) is 4.95. The molecule has 0 saturated heterocycles. The zero-order valence-corrected chi connectivity index (χ0v) is 14.2. The molecule has 0 atom stereocenters. The molecule has 0 aliphatic carbocycles. The number of hydrogen-bond donors (Lipinski definition) is 1. The molecule has 0 radical (unpaired) electrons. The first-order chi connectivity index (χ1) is 11.5. The van der Waals surface area contributed by atoms with Crippen LogP contribution in [-0.4, -0.2) is 26.5 Å². The molecular weight excluding hydrogens is 356 g/mol. The van der Waals surface area contributed by atoms with Crippen LogP contribution in [0.15, 0.2) is 34.8 Å². The summed E-state index contributed by atoms with van der Waals surface area (Å²) in [4.78, 5) is 4.38. The van der Waals surface area contributed by atoms with Crippen molar-refractivity contribution < 1.29 is 13.5 Å². The SMILES string of the molecule is Cc1nc(CSc2nnc(-c3ccc(OC(F)F)cc3)n2N)cs1. The molecule has 0 aliphatic rings. The van der Waals surface area contributed by atoms with Gasteiger partial charge in [0.1, 0.15) is 5.75 Å². The molecule has 3 aromatic rings. The van der Waals surface area contributed by atoms with Crippen LogP contribution in [0.25, 0.3) is 11.4 Å². The van der Waals surface area contributed by atoms with Crippen LogP contribution in [0.1, 0.15) is 10.7 Å². The van der Waals surface area contributed by atoms with Gasteiger partial charge in [-0.05, 0) is 31.2 Å². The van der Waals surface area contributed by atoms with Gasteiger partial charge in [-0.3, -0.25) is 0 Å². The van der Waals surface area contributed by atoms with E-state index in [1.54, 1.807) is 23.5 Å². The van der Waals surface area contributed by atoms with E-state index in [9.17, 15) is 8.78 Å². The second-order valence-corrected chi connectivity index (χ2v) is 6.73. The summed E-state index contributed by atoms with van der Waals surface area (Å²) in [6, 6.07) is 6.06. The highest BCUT2D eigenvalue weighted by Crippen LogP contribution is 2.26. The highest BCUT2D eigenvalue weighted by molar-refractivity contribution is 7.98. The smallest absolute Gasteiger partial charge is 0.387 e. The fourth-order valence-electron chi connectivity index (χ4n) is 1.97. The lowest BCUT2D eigenvalue weighted by Crippen LogP contribution is -2.11. The molecule has 1 aromatic carbocycles. The summed E-state index contributed by atoms with van der Waals surface area (Å²) in [5, 5.41) is 11.7. The van der Waals surface area contributed by atoms with Gasteiger partial charge in [-0.15, -0.1) is 21.5 Å². The van der Waals surface area contributed by atoms with Crippen molar-refractivity contribution in [2.45, 2.75) is 24.4 Å². The van der Waals surface area contributed by atoms with Crippen LogP contribution in [0.3, 0.4) is 0 Å². The van der Waals surface area contributed by atoms with E-state index in [0.717, 1.165) is 10.7 Å². The molecule has 6 nitrogen and oxygen atoms in total. The number of ether oxygens (including phenoxy) is 1. The molecule has 24 heavy (non-hydrogen) atoms. The van der Waals surface area contributed by atoms with Crippen molar-refractivity contribution in [3.8, 4) is 17.1 Å². The van der Waals surface area contributed by atoms with E-state index in [-0.39, 0.29) is 5.75 Å². The first-order valence-corrected chi connectivity index (χ1v) is 8.69. The molecule has 10 heteroatoms. The Bertz CT molecular complexity index is 819. The maximum Gasteiger partial charge on any atom is 0.387 e. The second-order valence-electron chi connectivity index (χ2n) is 4.73. The number of benzene rings is 1. The minimum absolute atomic E-state index is 0.0744. The van der Waals surface area contributed by atoms with Crippen molar-refractivity contribution >= 4 is 23.1 Å². The van der Waals surface area contributed by atoms with Gasteiger partial charge >= 0.3 is 6.61 Å². The molecule has 0 amide bonds. The first-order valence-electron chi connectivity index (χ1n) is 6.82. The third-order valence-corrected chi connectivity index (χ3v) is 4.82. The maximum atomic E-state index is 12.2. The third-order valence-electron chi connectivity index (χ3n) is 3.02. The minimum Gasteiger partial charge on any atom is -0.435 e. The molecule has 126 valence electrons. The predicted octanol–water partition coefficient (Wildman–Crippen LogP) is 3.32. The van der Waals surface area contributed by atoms with Gasteiger partial charge in [0.25, 0.3) is 0 Å². The van der Waals surface area contributed by atoms with Crippen LogP contribution in [0, 0.1) is 6.92 Å². The summed E-state index contributed by atoms with van der Waals surface area (Å²) < 4.78 is 30.0. The molecule has 2 N–H and O–H groups in total. The summed E-state index contributed by atoms with van der Waals surface area (Å²) >= 11 is 3.01. The predicted molar refractivity (Wildman–Crippen MR) is 88.7 cm³/mol. The van der Waals surface area contributed by atoms with Crippen LogP contribution in [0.2, 0.25) is 0 Å². The van der Waals surface area contributed by atoms with Crippen molar-refractivity contribution in [3.05, 3.63) is 40.3 Å². The molecule has 3 rings (SSSR count). The van der Waals surface area contributed by atoms with Gasteiger partial charge in [-0.25, -0.2) is 9.66 Å². The van der Waals surface area contributed by atoms with E-state index >= 15 is 0 Å². The van der Waals surface area contributed by atoms with Crippen molar-refractivity contribution in [1.82, 2.24) is 19.9 Å². The zero-order valence-electron chi connectivity index (χ0n) is 12.5. The van der Waals surface area contributed by atoms with Gasteiger partial charge in [0.05, 0.1) is 10.7 Å². The van der Waals surface area contributed by atoms with Crippen LogP contribution in [-0.2, 0) is 5.75 Å². The van der Waals surface area contributed by atoms with Crippen molar-refractivity contribution in [3.63, 3.8) is 0 Å². The van der Waals surface area contributed by atoms with Crippen LogP contribution in [0.4, 0.5) is 8.78 Å². The third kappa shape index (κ3) is 3.82.